The van der Waals surface area contributed by atoms with Gasteiger partial charge >= 0.3 is 0 Å². The van der Waals surface area contributed by atoms with E-state index in [1.165, 1.54) is 4.90 Å². The van der Waals surface area contributed by atoms with Crippen LogP contribution in [0.25, 0.3) is 0 Å². The highest BCUT2D eigenvalue weighted by molar-refractivity contribution is 6.31. The SMILES string of the molecule is CC(C)(C)N1C(=O)C2C(Cc3ccc(O)cc3)NC3(C(=O)Nc4ccc(Cl)cc43)C2C1=O. The minimum Gasteiger partial charge on any atom is -0.508 e. The average molecular weight is 454 g/mol. The number of imide groups is 1. The number of phenols is 1. The number of halogens is 1. The van der Waals surface area contributed by atoms with E-state index >= 15 is 0 Å². The summed E-state index contributed by atoms with van der Waals surface area (Å²) in [6.45, 7) is 5.45. The van der Waals surface area contributed by atoms with Gasteiger partial charge in [-0.15, -0.1) is 0 Å². The van der Waals surface area contributed by atoms with Crippen LogP contribution in [-0.2, 0) is 26.3 Å². The maximum absolute atomic E-state index is 13.7. The van der Waals surface area contributed by atoms with Crippen LogP contribution in [-0.4, -0.2) is 39.3 Å². The number of fused-ring (bicyclic) bond motifs is 4. The second-order valence-corrected chi connectivity index (χ2v) is 10.2. The molecular weight excluding hydrogens is 430 g/mol. The molecule has 3 heterocycles. The fourth-order valence-electron chi connectivity index (χ4n) is 5.50. The van der Waals surface area contributed by atoms with Crippen LogP contribution in [0.5, 0.6) is 5.75 Å². The molecule has 7 nitrogen and oxygen atoms in total. The molecule has 4 atom stereocenters. The molecule has 0 bridgehead atoms. The van der Waals surface area contributed by atoms with Crippen LogP contribution >= 0.6 is 11.6 Å². The molecular formula is C24H24ClN3O4. The Labute approximate surface area is 190 Å². The van der Waals surface area contributed by atoms with Crippen molar-refractivity contribution in [3.63, 3.8) is 0 Å². The van der Waals surface area contributed by atoms with Gasteiger partial charge in [0.15, 0.2) is 0 Å². The van der Waals surface area contributed by atoms with E-state index in [4.69, 9.17) is 11.6 Å². The van der Waals surface area contributed by atoms with Crippen molar-refractivity contribution in [1.82, 2.24) is 10.2 Å². The van der Waals surface area contributed by atoms with Crippen LogP contribution in [0.4, 0.5) is 5.69 Å². The van der Waals surface area contributed by atoms with Gasteiger partial charge in [-0.25, -0.2) is 0 Å². The quantitative estimate of drug-likeness (QED) is 0.607. The van der Waals surface area contributed by atoms with E-state index in [0.717, 1.165) is 5.56 Å². The molecule has 32 heavy (non-hydrogen) atoms. The van der Waals surface area contributed by atoms with Crippen molar-refractivity contribution >= 4 is 35.0 Å². The summed E-state index contributed by atoms with van der Waals surface area (Å²) < 4.78 is 0. The number of benzene rings is 2. The zero-order valence-electron chi connectivity index (χ0n) is 18.0. The first-order chi connectivity index (χ1) is 15.0. The Morgan fingerprint density at radius 1 is 1.06 bits per heavy atom. The van der Waals surface area contributed by atoms with Crippen LogP contribution in [0, 0.1) is 11.8 Å². The summed E-state index contributed by atoms with van der Waals surface area (Å²) in [5, 5.41) is 16.3. The van der Waals surface area contributed by atoms with E-state index in [1.54, 1.807) is 42.5 Å². The van der Waals surface area contributed by atoms with E-state index in [1.807, 2.05) is 20.8 Å². The van der Waals surface area contributed by atoms with E-state index in [0.29, 0.717) is 22.7 Å². The first kappa shape index (κ1) is 21.0. The fraction of sp³-hybridized carbons (Fsp3) is 0.375. The van der Waals surface area contributed by atoms with Gasteiger partial charge in [0.05, 0.1) is 11.8 Å². The Morgan fingerprint density at radius 3 is 2.41 bits per heavy atom. The van der Waals surface area contributed by atoms with Gasteiger partial charge in [0.25, 0.3) is 0 Å². The molecule has 2 aromatic rings. The summed E-state index contributed by atoms with van der Waals surface area (Å²) in [6.07, 6.45) is 0.420. The van der Waals surface area contributed by atoms with Crippen molar-refractivity contribution in [2.75, 3.05) is 5.32 Å². The van der Waals surface area contributed by atoms with Crippen molar-refractivity contribution in [3.8, 4) is 5.75 Å². The lowest BCUT2D eigenvalue weighted by atomic mass is 9.76. The average Bonchev–Trinajstić information content (AvgIpc) is 3.28. The lowest BCUT2D eigenvalue weighted by Gasteiger charge is -2.34. The van der Waals surface area contributed by atoms with Gasteiger partial charge in [0, 0.05) is 27.9 Å². The van der Waals surface area contributed by atoms with Crippen molar-refractivity contribution in [3.05, 3.63) is 58.6 Å². The Kier molecular flexibility index (Phi) is 4.45. The van der Waals surface area contributed by atoms with Crippen LogP contribution in [0.1, 0.15) is 31.9 Å². The molecule has 8 heteroatoms. The molecule has 0 saturated carbocycles. The van der Waals surface area contributed by atoms with Crippen molar-refractivity contribution in [2.45, 2.75) is 44.3 Å². The number of hydrogen-bond donors (Lipinski definition) is 3. The highest BCUT2D eigenvalue weighted by Crippen LogP contribution is 2.54. The Hall–Kier alpha value is -2.90. The van der Waals surface area contributed by atoms with Crippen molar-refractivity contribution in [2.24, 2.45) is 11.8 Å². The third-order valence-corrected chi connectivity index (χ3v) is 6.97. The molecule has 1 spiro atoms. The summed E-state index contributed by atoms with van der Waals surface area (Å²) in [5.74, 6) is -2.41. The minimum atomic E-state index is -1.38. The van der Waals surface area contributed by atoms with Gasteiger partial charge in [-0.1, -0.05) is 23.7 Å². The van der Waals surface area contributed by atoms with Gasteiger partial charge in [0.2, 0.25) is 17.7 Å². The molecule has 3 aliphatic heterocycles. The van der Waals surface area contributed by atoms with E-state index in [9.17, 15) is 19.5 Å². The predicted octanol–water partition coefficient (Wildman–Crippen LogP) is 2.81. The number of hydrogen-bond acceptors (Lipinski definition) is 5. The van der Waals surface area contributed by atoms with E-state index in [-0.39, 0.29) is 23.5 Å². The maximum atomic E-state index is 13.7. The van der Waals surface area contributed by atoms with E-state index < -0.39 is 29.0 Å². The molecule has 3 aliphatic rings. The van der Waals surface area contributed by atoms with Crippen molar-refractivity contribution < 1.29 is 19.5 Å². The van der Waals surface area contributed by atoms with Crippen molar-refractivity contribution in [1.29, 1.82) is 0 Å². The third-order valence-electron chi connectivity index (χ3n) is 6.74. The van der Waals surface area contributed by atoms with Crippen LogP contribution in [0.15, 0.2) is 42.5 Å². The molecule has 3 N–H and O–H groups in total. The number of carbonyl (C=O) groups is 3. The first-order valence-electron chi connectivity index (χ1n) is 10.6. The monoisotopic (exact) mass is 453 g/mol. The zero-order valence-corrected chi connectivity index (χ0v) is 18.7. The topological polar surface area (TPSA) is 98.7 Å². The Bertz CT molecular complexity index is 1160. The number of rotatable bonds is 2. The number of aromatic hydroxyl groups is 1. The molecule has 5 rings (SSSR count). The lowest BCUT2D eigenvalue weighted by molar-refractivity contribution is -0.147. The minimum absolute atomic E-state index is 0.146. The zero-order chi connectivity index (χ0) is 23.0. The van der Waals surface area contributed by atoms with Gasteiger partial charge in [-0.3, -0.25) is 24.6 Å². The number of carbonyl (C=O) groups excluding carboxylic acids is 3. The molecule has 0 radical (unpaired) electrons. The smallest absolute Gasteiger partial charge is 0.250 e. The number of nitrogens with one attached hydrogen (secondary N) is 2. The molecule has 0 aliphatic carbocycles. The molecule has 2 saturated heterocycles. The largest absolute Gasteiger partial charge is 0.508 e. The molecule has 3 amide bonds. The first-order valence-corrected chi connectivity index (χ1v) is 11.0. The maximum Gasteiger partial charge on any atom is 0.250 e. The number of anilines is 1. The van der Waals surface area contributed by atoms with Gasteiger partial charge in [0.1, 0.15) is 11.3 Å². The van der Waals surface area contributed by atoms with Gasteiger partial charge in [-0.2, -0.15) is 0 Å². The molecule has 0 aromatic heterocycles. The Morgan fingerprint density at radius 2 is 1.75 bits per heavy atom. The van der Waals surface area contributed by atoms with Crippen LogP contribution < -0.4 is 10.6 Å². The number of phenolic OH excluding ortho intramolecular Hbond substituents is 1. The Balaban J connectivity index is 1.66. The molecule has 4 unspecified atom stereocenters. The molecule has 2 fully saturated rings. The summed E-state index contributed by atoms with van der Waals surface area (Å²) >= 11 is 6.27. The number of nitrogens with zero attached hydrogens (tertiary/aromatic N) is 1. The van der Waals surface area contributed by atoms with Gasteiger partial charge < -0.3 is 10.4 Å². The second kappa shape index (κ2) is 6.80. The molecule has 2 aromatic carbocycles. The number of amides is 3. The van der Waals surface area contributed by atoms with Gasteiger partial charge in [-0.05, 0) is 63.1 Å². The normalized spacial score (nSPS) is 28.9. The van der Waals surface area contributed by atoms with Crippen LogP contribution in [0.3, 0.4) is 0 Å². The summed E-state index contributed by atoms with van der Waals surface area (Å²) in [7, 11) is 0. The summed E-state index contributed by atoms with van der Waals surface area (Å²) in [5.41, 5.74) is -0.0235. The van der Waals surface area contributed by atoms with E-state index in [2.05, 4.69) is 10.6 Å². The standard InChI is InChI=1S/C24H24ClN3O4/c1-23(2,3)28-20(30)18-17(10-12-4-7-14(29)8-5-12)27-24(19(18)21(28)31)15-11-13(25)6-9-16(15)26-22(24)32/h4-9,11,17-19,27,29H,10H2,1-3H3,(H,26,32). The highest BCUT2D eigenvalue weighted by atomic mass is 35.5. The summed E-state index contributed by atoms with van der Waals surface area (Å²) in [4.78, 5) is 42.0. The predicted molar refractivity (Wildman–Crippen MR) is 119 cm³/mol. The number of likely N-dealkylation sites (tertiary alicyclic amines) is 1. The second-order valence-electron chi connectivity index (χ2n) is 9.76. The third kappa shape index (κ3) is 2.81. The summed E-state index contributed by atoms with van der Waals surface area (Å²) in [6, 6.07) is 11.4. The molecule has 166 valence electrons. The lowest BCUT2D eigenvalue weighted by Crippen LogP contribution is -2.56. The highest BCUT2D eigenvalue weighted by Gasteiger charge is 2.71. The van der Waals surface area contributed by atoms with Crippen LogP contribution in [0.2, 0.25) is 5.02 Å². The fourth-order valence-corrected chi connectivity index (χ4v) is 5.67.